The summed E-state index contributed by atoms with van der Waals surface area (Å²) in [4.78, 5) is 24.1. The van der Waals surface area contributed by atoms with Crippen LogP contribution in [0.5, 0.6) is 11.5 Å². The monoisotopic (exact) mass is 544 g/mol. The number of fused-ring (bicyclic) bond motifs is 2. The average molecular weight is 545 g/mol. The standard InChI is InChI=1S/C30H26F2N4O4/c1-16(37)29(38)36-14-18-6-7-20(10-19(18)15-36)30(2,39)25-13-34-28(35-25)17-4-3-5-21(11-17)40-27-23(31)12-24-22(26(27)32)8-9-33-24/h3-13,16,33,37,39H,14-15H2,1-2H3,(H,34,35)/t16-,30?/m1/s1. The zero-order chi connectivity index (χ0) is 28.2. The summed E-state index contributed by atoms with van der Waals surface area (Å²) in [6.45, 7) is 3.84. The molecule has 0 fully saturated rings. The molecule has 0 saturated heterocycles. The Bertz CT molecular complexity index is 1760. The van der Waals surface area contributed by atoms with E-state index in [9.17, 15) is 23.8 Å². The normalized spacial score (nSPS) is 15.2. The Morgan fingerprint density at radius 1 is 1.12 bits per heavy atom. The van der Waals surface area contributed by atoms with E-state index in [-0.39, 0.29) is 17.0 Å². The number of nitrogens with zero attached hydrogens (tertiary/aromatic N) is 2. The summed E-state index contributed by atoms with van der Waals surface area (Å²) in [5, 5.41) is 21.4. The first-order valence-corrected chi connectivity index (χ1v) is 12.7. The Labute approximate surface area is 227 Å². The number of H-pyrrole nitrogens is 2. The molecule has 2 atom stereocenters. The number of amides is 1. The van der Waals surface area contributed by atoms with Gasteiger partial charge in [-0.1, -0.05) is 30.3 Å². The van der Waals surface area contributed by atoms with Crippen molar-refractivity contribution >= 4 is 16.8 Å². The lowest BCUT2D eigenvalue weighted by molar-refractivity contribution is -0.139. The van der Waals surface area contributed by atoms with Gasteiger partial charge in [-0.25, -0.2) is 13.8 Å². The molecule has 1 unspecified atom stereocenters. The van der Waals surface area contributed by atoms with Crippen molar-refractivity contribution in [3.63, 3.8) is 0 Å². The molecule has 0 bridgehead atoms. The minimum absolute atomic E-state index is 0.213. The summed E-state index contributed by atoms with van der Waals surface area (Å²) in [6.07, 6.45) is 1.97. The third-order valence-corrected chi connectivity index (χ3v) is 7.29. The molecule has 0 aliphatic carbocycles. The van der Waals surface area contributed by atoms with Gasteiger partial charge in [-0.15, -0.1) is 0 Å². The molecule has 0 radical (unpaired) electrons. The van der Waals surface area contributed by atoms with Gasteiger partial charge in [-0.3, -0.25) is 4.79 Å². The van der Waals surface area contributed by atoms with E-state index >= 15 is 0 Å². The van der Waals surface area contributed by atoms with Gasteiger partial charge in [-0.05, 0) is 48.7 Å². The topological polar surface area (TPSA) is 114 Å². The smallest absolute Gasteiger partial charge is 0.251 e. The number of imidazole rings is 1. The summed E-state index contributed by atoms with van der Waals surface area (Å²) >= 11 is 0. The summed E-state index contributed by atoms with van der Waals surface area (Å²) in [5.74, 6) is -1.84. The van der Waals surface area contributed by atoms with Crippen LogP contribution >= 0.6 is 0 Å². The minimum Gasteiger partial charge on any atom is -0.451 e. The van der Waals surface area contributed by atoms with Crippen LogP contribution < -0.4 is 4.74 Å². The maximum Gasteiger partial charge on any atom is 0.251 e. The lowest BCUT2D eigenvalue weighted by Gasteiger charge is -2.23. The molecular formula is C30H26F2N4O4. The number of rotatable bonds is 6. The highest BCUT2D eigenvalue weighted by Gasteiger charge is 2.32. The molecule has 5 aromatic rings. The van der Waals surface area contributed by atoms with Gasteiger partial charge < -0.3 is 29.8 Å². The van der Waals surface area contributed by atoms with Crippen molar-refractivity contribution in [2.75, 3.05) is 0 Å². The van der Waals surface area contributed by atoms with E-state index in [0.29, 0.717) is 41.3 Å². The molecule has 4 N–H and O–H groups in total. The molecule has 204 valence electrons. The van der Waals surface area contributed by atoms with Crippen molar-refractivity contribution in [2.45, 2.75) is 38.6 Å². The number of hydrogen-bond acceptors (Lipinski definition) is 5. The Morgan fingerprint density at radius 3 is 2.73 bits per heavy atom. The number of aliphatic hydroxyl groups is 2. The molecule has 3 aromatic carbocycles. The average Bonchev–Trinajstić information content (AvgIpc) is 3.70. The molecule has 0 spiro atoms. The number of hydrogen-bond donors (Lipinski definition) is 4. The third-order valence-electron chi connectivity index (χ3n) is 7.29. The van der Waals surface area contributed by atoms with Crippen molar-refractivity contribution in [2.24, 2.45) is 0 Å². The molecular weight excluding hydrogens is 518 g/mol. The predicted molar refractivity (Wildman–Crippen MR) is 143 cm³/mol. The fourth-order valence-electron chi connectivity index (χ4n) is 5.02. The van der Waals surface area contributed by atoms with Crippen LogP contribution in [0.25, 0.3) is 22.3 Å². The number of halogens is 2. The van der Waals surface area contributed by atoms with Crippen LogP contribution in [-0.4, -0.2) is 42.1 Å². The molecule has 3 heterocycles. The lowest BCUT2D eigenvalue weighted by Crippen LogP contribution is -2.33. The van der Waals surface area contributed by atoms with Gasteiger partial charge in [-0.2, -0.15) is 0 Å². The fourth-order valence-corrected chi connectivity index (χ4v) is 5.02. The Morgan fingerprint density at radius 2 is 1.93 bits per heavy atom. The van der Waals surface area contributed by atoms with E-state index < -0.39 is 29.1 Å². The van der Waals surface area contributed by atoms with Crippen molar-refractivity contribution in [3.05, 3.63) is 101 Å². The highest BCUT2D eigenvalue weighted by atomic mass is 19.1. The van der Waals surface area contributed by atoms with Gasteiger partial charge in [0.2, 0.25) is 0 Å². The number of aromatic nitrogens is 3. The van der Waals surface area contributed by atoms with Crippen LogP contribution in [0, 0.1) is 11.6 Å². The van der Waals surface area contributed by atoms with Crippen molar-refractivity contribution in [1.29, 1.82) is 0 Å². The Balaban J connectivity index is 1.25. The van der Waals surface area contributed by atoms with Crippen LogP contribution in [0.15, 0.2) is 67.0 Å². The zero-order valence-electron chi connectivity index (χ0n) is 21.7. The van der Waals surface area contributed by atoms with Gasteiger partial charge in [0.15, 0.2) is 17.4 Å². The summed E-state index contributed by atoms with van der Waals surface area (Å²) in [7, 11) is 0. The first kappa shape index (κ1) is 25.7. The number of ether oxygens (including phenoxy) is 1. The fraction of sp³-hybridized carbons (Fsp3) is 0.200. The highest BCUT2D eigenvalue weighted by molar-refractivity contribution is 5.82. The first-order chi connectivity index (χ1) is 19.1. The first-order valence-electron chi connectivity index (χ1n) is 12.7. The van der Waals surface area contributed by atoms with Gasteiger partial charge >= 0.3 is 0 Å². The Hall–Kier alpha value is -4.54. The number of aliphatic hydroxyl groups excluding tert-OH is 1. The molecule has 1 amide bonds. The molecule has 10 heteroatoms. The second kappa shape index (κ2) is 9.58. The number of nitrogens with one attached hydrogen (secondary N) is 2. The molecule has 6 rings (SSSR count). The van der Waals surface area contributed by atoms with E-state index in [1.165, 1.54) is 31.5 Å². The third kappa shape index (κ3) is 4.41. The van der Waals surface area contributed by atoms with Crippen molar-refractivity contribution in [3.8, 4) is 22.9 Å². The van der Waals surface area contributed by atoms with Crippen LogP contribution in [0.2, 0.25) is 0 Å². The SMILES string of the molecule is C[C@@H](O)C(=O)N1Cc2ccc(C(C)(O)c3cnc(-c4cccc(Oc5c(F)cc6[nH]ccc6c5F)c4)[nH]3)cc2C1. The zero-order valence-corrected chi connectivity index (χ0v) is 21.7. The lowest BCUT2D eigenvalue weighted by atomic mass is 9.90. The minimum atomic E-state index is -1.44. The second-order valence-electron chi connectivity index (χ2n) is 10.1. The largest absolute Gasteiger partial charge is 0.451 e. The Kier molecular flexibility index (Phi) is 6.16. The van der Waals surface area contributed by atoms with E-state index in [0.717, 1.165) is 11.1 Å². The molecule has 0 saturated carbocycles. The number of carbonyl (C=O) groups excluding carboxylic acids is 1. The summed E-state index contributed by atoms with van der Waals surface area (Å²) < 4.78 is 35.1. The maximum absolute atomic E-state index is 14.9. The van der Waals surface area contributed by atoms with Crippen molar-refractivity contribution < 1.29 is 28.5 Å². The van der Waals surface area contributed by atoms with Crippen molar-refractivity contribution in [1.82, 2.24) is 19.9 Å². The van der Waals surface area contributed by atoms with Gasteiger partial charge in [0, 0.05) is 36.3 Å². The van der Waals surface area contributed by atoms with Crippen LogP contribution in [-0.2, 0) is 23.5 Å². The number of benzene rings is 3. The molecule has 8 nitrogen and oxygen atoms in total. The number of carbonyl (C=O) groups is 1. The van der Waals surface area contributed by atoms with E-state index in [2.05, 4.69) is 15.0 Å². The van der Waals surface area contributed by atoms with Gasteiger partial charge in [0.05, 0.1) is 17.4 Å². The second-order valence-corrected chi connectivity index (χ2v) is 10.1. The predicted octanol–water partition coefficient (Wildman–Crippen LogP) is 5.11. The molecule has 2 aromatic heterocycles. The van der Waals surface area contributed by atoms with Crippen LogP contribution in [0.3, 0.4) is 0 Å². The van der Waals surface area contributed by atoms with E-state index in [4.69, 9.17) is 4.74 Å². The van der Waals surface area contributed by atoms with E-state index in [1.54, 1.807) is 42.2 Å². The maximum atomic E-state index is 14.9. The highest BCUT2D eigenvalue weighted by Crippen LogP contribution is 2.36. The summed E-state index contributed by atoms with van der Waals surface area (Å²) in [5.41, 5.74) is 2.38. The summed E-state index contributed by atoms with van der Waals surface area (Å²) in [6, 6.07) is 14.8. The molecule has 1 aliphatic heterocycles. The number of aromatic amines is 2. The van der Waals surface area contributed by atoms with Crippen LogP contribution in [0.4, 0.5) is 8.78 Å². The van der Waals surface area contributed by atoms with E-state index in [1.807, 2.05) is 12.1 Å². The molecule has 1 aliphatic rings. The van der Waals surface area contributed by atoms with Gasteiger partial charge in [0.1, 0.15) is 23.3 Å². The van der Waals surface area contributed by atoms with Gasteiger partial charge in [0.25, 0.3) is 5.91 Å². The quantitative estimate of drug-likeness (QED) is 0.237. The molecule has 40 heavy (non-hydrogen) atoms. The van der Waals surface area contributed by atoms with Crippen LogP contribution in [0.1, 0.15) is 36.2 Å².